The van der Waals surface area contributed by atoms with Crippen molar-refractivity contribution >= 4 is 5.78 Å². The number of rotatable bonds is 7. The summed E-state index contributed by atoms with van der Waals surface area (Å²) >= 11 is 0. The molecule has 2 rings (SSSR count). The van der Waals surface area contributed by atoms with Crippen LogP contribution in [-0.4, -0.2) is 22.9 Å². The van der Waals surface area contributed by atoms with Gasteiger partial charge in [0.05, 0.1) is 12.1 Å². The SMILES string of the molecule is CC(C)Oc1ccc(C(=O)C(C)NCc2ccncc2)cc1. The molecule has 1 heterocycles. The number of Topliss-reactive ketones (excluding diaryl/α,β-unsaturated/α-hetero) is 1. The van der Waals surface area contributed by atoms with Crippen molar-refractivity contribution < 1.29 is 9.53 Å². The Morgan fingerprint density at radius 1 is 1.09 bits per heavy atom. The Morgan fingerprint density at radius 2 is 1.73 bits per heavy atom. The lowest BCUT2D eigenvalue weighted by atomic mass is 10.1. The van der Waals surface area contributed by atoms with E-state index in [1.54, 1.807) is 12.4 Å². The highest BCUT2D eigenvalue weighted by atomic mass is 16.5. The topological polar surface area (TPSA) is 51.2 Å². The summed E-state index contributed by atoms with van der Waals surface area (Å²) in [5.41, 5.74) is 1.79. The van der Waals surface area contributed by atoms with E-state index in [-0.39, 0.29) is 17.9 Å². The van der Waals surface area contributed by atoms with Crippen molar-refractivity contribution in [2.24, 2.45) is 0 Å². The van der Waals surface area contributed by atoms with E-state index in [9.17, 15) is 4.79 Å². The number of pyridine rings is 1. The molecule has 0 spiro atoms. The molecule has 2 aromatic rings. The fourth-order valence-corrected chi connectivity index (χ4v) is 2.08. The second-order valence-corrected chi connectivity index (χ2v) is 5.51. The van der Waals surface area contributed by atoms with E-state index in [1.807, 2.05) is 57.2 Å². The minimum atomic E-state index is -0.245. The maximum Gasteiger partial charge on any atom is 0.179 e. The molecular weight excluding hydrogens is 276 g/mol. The first-order chi connectivity index (χ1) is 10.6. The van der Waals surface area contributed by atoms with E-state index in [0.29, 0.717) is 12.1 Å². The summed E-state index contributed by atoms with van der Waals surface area (Å²) in [6, 6.07) is 10.9. The molecule has 4 heteroatoms. The Hall–Kier alpha value is -2.20. The van der Waals surface area contributed by atoms with Crippen molar-refractivity contribution in [2.75, 3.05) is 0 Å². The zero-order chi connectivity index (χ0) is 15.9. The molecule has 0 aliphatic heterocycles. The minimum absolute atomic E-state index is 0.0742. The maximum absolute atomic E-state index is 12.4. The van der Waals surface area contributed by atoms with Gasteiger partial charge >= 0.3 is 0 Å². The van der Waals surface area contributed by atoms with Crippen molar-refractivity contribution in [1.82, 2.24) is 10.3 Å². The largest absolute Gasteiger partial charge is 0.491 e. The Balaban J connectivity index is 1.92. The molecule has 1 atom stereocenters. The summed E-state index contributed by atoms with van der Waals surface area (Å²) in [4.78, 5) is 16.4. The molecule has 1 aromatic carbocycles. The summed E-state index contributed by atoms with van der Waals surface area (Å²) < 4.78 is 5.58. The molecular formula is C18H22N2O2. The van der Waals surface area contributed by atoms with Gasteiger partial charge in [-0.25, -0.2) is 0 Å². The first-order valence-electron chi connectivity index (χ1n) is 7.49. The normalized spacial score (nSPS) is 12.2. The number of carbonyl (C=O) groups is 1. The molecule has 0 saturated carbocycles. The molecule has 1 N–H and O–H groups in total. The van der Waals surface area contributed by atoms with E-state index in [0.717, 1.165) is 11.3 Å². The fourth-order valence-electron chi connectivity index (χ4n) is 2.08. The van der Waals surface area contributed by atoms with Crippen LogP contribution in [0.25, 0.3) is 0 Å². The van der Waals surface area contributed by atoms with E-state index in [2.05, 4.69) is 10.3 Å². The van der Waals surface area contributed by atoms with Crippen LogP contribution in [-0.2, 0) is 6.54 Å². The number of aromatic nitrogens is 1. The van der Waals surface area contributed by atoms with Crippen LogP contribution in [0.5, 0.6) is 5.75 Å². The van der Waals surface area contributed by atoms with Crippen LogP contribution in [0.2, 0.25) is 0 Å². The molecule has 0 bridgehead atoms. The van der Waals surface area contributed by atoms with Crippen LogP contribution in [0.4, 0.5) is 0 Å². The Kier molecular flexibility index (Phi) is 5.67. The maximum atomic E-state index is 12.4. The zero-order valence-corrected chi connectivity index (χ0v) is 13.2. The van der Waals surface area contributed by atoms with Gasteiger partial charge in [0, 0.05) is 24.5 Å². The third-order valence-corrected chi connectivity index (χ3v) is 3.27. The monoisotopic (exact) mass is 298 g/mol. The third kappa shape index (κ3) is 4.67. The van der Waals surface area contributed by atoms with Crippen LogP contribution in [0, 0.1) is 0 Å². The quantitative estimate of drug-likeness (QED) is 0.797. The minimum Gasteiger partial charge on any atom is -0.491 e. The molecule has 0 amide bonds. The smallest absolute Gasteiger partial charge is 0.179 e. The Labute approximate surface area is 131 Å². The standard InChI is InChI=1S/C18H22N2O2/c1-13(2)22-17-6-4-16(5-7-17)18(21)14(3)20-12-15-8-10-19-11-9-15/h4-11,13-14,20H,12H2,1-3H3. The summed E-state index contributed by atoms with van der Waals surface area (Å²) in [5.74, 6) is 0.856. The van der Waals surface area contributed by atoms with E-state index in [4.69, 9.17) is 4.74 Å². The second-order valence-electron chi connectivity index (χ2n) is 5.51. The molecule has 116 valence electrons. The van der Waals surface area contributed by atoms with Gasteiger partial charge in [-0.2, -0.15) is 0 Å². The average molecular weight is 298 g/mol. The van der Waals surface area contributed by atoms with E-state index in [1.165, 1.54) is 0 Å². The molecule has 4 nitrogen and oxygen atoms in total. The number of nitrogens with one attached hydrogen (secondary N) is 1. The van der Waals surface area contributed by atoms with Gasteiger partial charge in [-0.05, 0) is 62.7 Å². The van der Waals surface area contributed by atoms with Gasteiger partial charge in [0.15, 0.2) is 5.78 Å². The van der Waals surface area contributed by atoms with Gasteiger partial charge in [0.1, 0.15) is 5.75 Å². The van der Waals surface area contributed by atoms with E-state index >= 15 is 0 Å². The highest BCUT2D eigenvalue weighted by Crippen LogP contribution is 2.15. The summed E-state index contributed by atoms with van der Waals surface area (Å²) in [5, 5.41) is 3.24. The van der Waals surface area contributed by atoms with Gasteiger partial charge in [-0.1, -0.05) is 0 Å². The average Bonchev–Trinajstić information content (AvgIpc) is 2.53. The van der Waals surface area contributed by atoms with Crippen molar-refractivity contribution in [2.45, 2.75) is 39.5 Å². The summed E-state index contributed by atoms with van der Waals surface area (Å²) in [6.45, 7) is 6.47. The number of hydrogen-bond acceptors (Lipinski definition) is 4. The second kappa shape index (κ2) is 7.71. The van der Waals surface area contributed by atoms with Crippen LogP contribution in [0.15, 0.2) is 48.8 Å². The highest BCUT2D eigenvalue weighted by molar-refractivity contribution is 5.99. The number of hydrogen-bond donors (Lipinski definition) is 1. The molecule has 0 aliphatic carbocycles. The summed E-state index contributed by atoms with van der Waals surface area (Å²) in [6.07, 6.45) is 3.62. The highest BCUT2D eigenvalue weighted by Gasteiger charge is 2.14. The fraction of sp³-hybridized carbons (Fsp3) is 0.333. The number of nitrogens with zero attached hydrogens (tertiary/aromatic N) is 1. The first kappa shape index (κ1) is 16.2. The third-order valence-electron chi connectivity index (χ3n) is 3.27. The van der Waals surface area contributed by atoms with Crippen molar-refractivity contribution in [1.29, 1.82) is 0 Å². The lowest BCUT2D eigenvalue weighted by Crippen LogP contribution is -2.33. The number of ether oxygens (including phenoxy) is 1. The lowest BCUT2D eigenvalue weighted by molar-refractivity contribution is 0.0950. The van der Waals surface area contributed by atoms with Crippen molar-refractivity contribution in [3.8, 4) is 5.75 Å². The van der Waals surface area contributed by atoms with Gasteiger partial charge in [-0.15, -0.1) is 0 Å². The predicted octanol–water partition coefficient (Wildman–Crippen LogP) is 3.23. The number of carbonyl (C=O) groups excluding carboxylic acids is 1. The Morgan fingerprint density at radius 3 is 2.32 bits per heavy atom. The van der Waals surface area contributed by atoms with Gasteiger partial charge in [0.25, 0.3) is 0 Å². The van der Waals surface area contributed by atoms with Crippen molar-refractivity contribution in [3.63, 3.8) is 0 Å². The number of benzene rings is 1. The number of ketones is 1. The Bertz CT molecular complexity index is 594. The predicted molar refractivity (Wildman–Crippen MR) is 87.1 cm³/mol. The molecule has 1 aromatic heterocycles. The van der Waals surface area contributed by atoms with Crippen LogP contribution >= 0.6 is 0 Å². The lowest BCUT2D eigenvalue weighted by Gasteiger charge is -2.14. The molecule has 0 aliphatic rings. The summed E-state index contributed by atoms with van der Waals surface area (Å²) in [7, 11) is 0. The first-order valence-corrected chi connectivity index (χ1v) is 7.49. The van der Waals surface area contributed by atoms with Gasteiger partial charge in [0.2, 0.25) is 0 Å². The van der Waals surface area contributed by atoms with Gasteiger partial charge in [-0.3, -0.25) is 9.78 Å². The molecule has 0 saturated heterocycles. The molecule has 22 heavy (non-hydrogen) atoms. The molecule has 0 radical (unpaired) electrons. The van der Waals surface area contributed by atoms with Crippen LogP contribution < -0.4 is 10.1 Å². The zero-order valence-electron chi connectivity index (χ0n) is 13.2. The van der Waals surface area contributed by atoms with Gasteiger partial charge < -0.3 is 10.1 Å². The van der Waals surface area contributed by atoms with Crippen LogP contribution in [0.3, 0.4) is 0 Å². The van der Waals surface area contributed by atoms with Crippen LogP contribution in [0.1, 0.15) is 36.7 Å². The van der Waals surface area contributed by atoms with E-state index < -0.39 is 0 Å². The molecule has 1 unspecified atom stereocenters. The van der Waals surface area contributed by atoms with Crippen molar-refractivity contribution in [3.05, 3.63) is 59.9 Å². The molecule has 0 fully saturated rings.